The number of benzene rings is 2. The summed E-state index contributed by atoms with van der Waals surface area (Å²) in [4.78, 5) is 11.8. The third-order valence-electron chi connectivity index (χ3n) is 3.93. The van der Waals surface area contributed by atoms with Crippen LogP contribution in [0.4, 0.5) is 0 Å². The largest absolute Gasteiger partial charge is 0.496 e. The van der Waals surface area contributed by atoms with Crippen LogP contribution in [0.5, 0.6) is 11.5 Å². The summed E-state index contributed by atoms with van der Waals surface area (Å²) in [5.41, 5.74) is 1.92. The third kappa shape index (κ3) is 4.48. The molecule has 4 heteroatoms. The van der Waals surface area contributed by atoms with Crippen molar-refractivity contribution in [1.29, 1.82) is 0 Å². The average Bonchev–Trinajstić information content (AvgIpc) is 3.44. The molecular formula is C20H19BrO3. The Bertz CT molecular complexity index is 746. The van der Waals surface area contributed by atoms with E-state index in [0.29, 0.717) is 6.61 Å². The molecule has 3 nitrogen and oxygen atoms in total. The third-order valence-corrected chi connectivity index (χ3v) is 4.46. The highest BCUT2D eigenvalue weighted by molar-refractivity contribution is 9.10. The number of carbonyl (C=O) groups excluding carboxylic acids is 1. The molecule has 0 heterocycles. The molecule has 0 saturated heterocycles. The molecule has 0 amide bonds. The molecule has 0 radical (unpaired) electrons. The number of ether oxygens (including phenoxy) is 2. The van der Waals surface area contributed by atoms with Crippen molar-refractivity contribution in [2.75, 3.05) is 7.11 Å². The van der Waals surface area contributed by atoms with Crippen LogP contribution >= 0.6 is 15.9 Å². The van der Waals surface area contributed by atoms with E-state index in [1.165, 1.54) is 0 Å². The van der Waals surface area contributed by atoms with Gasteiger partial charge in [0.25, 0.3) is 0 Å². The first-order valence-electron chi connectivity index (χ1n) is 7.93. The van der Waals surface area contributed by atoms with Gasteiger partial charge in [-0.2, -0.15) is 0 Å². The van der Waals surface area contributed by atoms with Crippen molar-refractivity contribution >= 4 is 27.8 Å². The van der Waals surface area contributed by atoms with Crippen LogP contribution < -0.4 is 9.47 Å². The van der Waals surface area contributed by atoms with Gasteiger partial charge in [-0.1, -0.05) is 28.1 Å². The Morgan fingerprint density at radius 1 is 1.21 bits per heavy atom. The molecule has 0 bridgehead atoms. The van der Waals surface area contributed by atoms with Gasteiger partial charge in [0.1, 0.15) is 18.1 Å². The van der Waals surface area contributed by atoms with E-state index in [1.54, 1.807) is 13.2 Å². The van der Waals surface area contributed by atoms with Crippen molar-refractivity contribution in [2.24, 2.45) is 5.92 Å². The van der Waals surface area contributed by atoms with E-state index >= 15 is 0 Å². The number of carbonyl (C=O) groups is 1. The topological polar surface area (TPSA) is 35.5 Å². The molecule has 1 fully saturated rings. The van der Waals surface area contributed by atoms with Crippen molar-refractivity contribution in [3.8, 4) is 11.5 Å². The van der Waals surface area contributed by atoms with E-state index in [4.69, 9.17) is 9.47 Å². The fourth-order valence-corrected chi connectivity index (χ4v) is 2.65. The summed E-state index contributed by atoms with van der Waals surface area (Å²) in [5.74, 6) is 2.04. The molecule has 1 aliphatic rings. The summed E-state index contributed by atoms with van der Waals surface area (Å²) in [6.45, 7) is 0.406. The van der Waals surface area contributed by atoms with E-state index in [9.17, 15) is 4.79 Å². The summed E-state index contributed by atoms with van der Waals surface area (Å²) in [7, 11) is 1.64. The maximum Gasteiger partial charge on any atom is 0.158 e. The van der Waals surface area contributed by atoms with Gasteiger partial charge in [0, 0.05) is 16.0 Å². The second-order valence-corrected chi connectivity index (χ2v) is 6.74. The van der Waals surface area contributed by atoms with E-state index in [2.05, 4.69) is 15.9 Å². The van der Waals surface area contributed by atoms with Crippen molar-refractivity contribution in [3.63, 3.8) is 0 Å². The molecule has 0 N–H and O–H groups in total. The van der Waals surface area contributed by atoms with Crippen LogP contribution in [0.25, 0.3) is 6.08 Å². The number of methoxy groups -OCH3 is 1. The van der Waals surface area contributed by atoms with Crippen LogP contribution in [-0.2, 0) is 11.4 Å². The van der Waals surface area contributed by atoms with E-state index in [-0.39, 0.29) is 11.7 Å². The molecule has 1 aliphatic carbocycles. The SMILES string of the molecule is COc1ccc(/C=C/C(=O)C2CC2)cc1COc1ccc(Br)cc1. The van der Waals surface area contributed by atoms with Crippen molar-refractivity contribution in [1.82, 2.24) is 0 Å². The fourth-order valence-electron chi connectivity index (χ4n) is 2.39. The van der Waals surface area contributed by atoms with Gasteiger partial charge in [-0.05, 0) is 60.9 Å². The zero-order chi connectivity index (χ0) is 16.9. The number of ketones is 1. The van der Waals surface area contributed by atoms with Crippen LogP contribution in [-0.4, -0.2) is 12.9 Å². The molecule has 2 aromatic carbocycles. The Labute approximate surface area is 150 Å². The number of hydrogen-bond acceptors (Lipinski definition) is 3. The Kier molecular flexibility index (Phi) is 5.36. The summed E-state index contributed by atoms with van der Waals surface area (Å²) < 4.78 is 12.2. The first-order chi connectivity index (χ1) is 11.7. The number of hydrogen-bond donors (Lipinski definition) is 0. The zero-order valence-electron chi connectivity index (χ0n) is 13.5. The lowest BCUT2D eigenvalue weighted by atomic mass is 10.1. The second kappa shape index (κ2) is 7.67. The molecule has 124 valence electrons. The lowest BCUT2D eigenvalue weighted by Gasteiger charge is -2.11. The highest BCUT2D eigenvalue weighted by Gasteiger charge is 2.27. The minimum Gasteiger partial charge on any atom is -0.496 e. The standard InChI is InChI=1S/C20H19BrO3/c1-23-20-11-3-14(2-10-19(22)15-4-5-15)12-16(20)13-24-18-8-6-17(21)7-9-18/h2-3,6-12,15H,4-5,13H2,1H3/b10-2+. The van der Waals surface area contributed by atoms with Crippen LogP contribution in [0.1, 0.15) is 24.0 Å². The van der Waals surface area contributed by atoms with Gasteiger partial charge in [0.2, 0.25) is 0 Å². The van der Waals surface area contributed by atoms with Crippen LogP contribution in [0.3, 0.4) is 0 Å². The van der Waals surface area contributed by atoms with Gasteiger partial charge in [-0.25, -0.2) is 0 Å². The van der Waals surface area contributed by atoms with E-state index in [1.807, 2.05) is 48.5 Å². The predicted molar refractivity (Wildman–Crippen MR) is 98.2 cm³/mol. The van der Waals surface area contributed by atoms with Gasteiger partial charge in [-0.15, -0.1) is 0 Å². The number of allylic oxidation sites excluding steroid dienone is 1. The highest BCUT2D eigenvalue weighted by atomic mass is 79.9. The molecule has 0 unspecified atom stereocenters. The molecule has 24 heavy (non-hydrogen) atoms. The normalized spacial score (nSPS) is 13.9. The Balaban J connectivity index is 1.71. The van der Waals surface area contributed by atoms with Gasteiger partial charge < -0.3 is 9.47 Å². The fraction of sp³-hybridized carbons (Fsp3) is 0.250. The van der Waals surface area contributed by atoms with Crippen molar-refractivity contribution in [3.05, 3.63) is 64.1 Å². The Hall–Kier alpha value is -2.07. The maximum atomic E-state index is 11.8. The molecule has 1 saturated carbocycles. The molecule has 0 atom stereocenters. The van der Waals surface area contributed by atoms with Crippen molar-refractivity contribution < 1.29 is 14.3 Å². The molecule has 0 aromatic heterocycles. The summed E-state index contributed by atoms with van der Waals surface area (Å²) in [6.07, 6.45) is 5.60. The first kappa shape index (κ1) is 16.8. The highest BCUT2D eigenvalue weighted by Crippen LogP contribution is 2.30. The molecule has 3 rings (SSSR count). The number of rotatable bonds is 7. The molecule has 0 spiro atoms. The summed E-state index contributed by atoms with van der Waals surface area (Å²) in [6, 6.07) is 13.5. The van der Waals surface area contributed by atoms with Gasteiger partial charge in [0.05, 0.1) is 7.11 Å². The van der Waals surface area contributed by atoms with Crippen LogP contribution in [0.15, 0.2) is 53.0 Å². The summed E-state index contributed by atoms with van der Waals surface area (Å²) in [5, 5.41) is 0. The lowest BCUT2D eigenvalue weighted by Crippen LogP contribution is -1.99. The maximum absolute atomic E-state index is 11.8. The molecule has 2 aromatic rings. The summed E-state index contributed by atoms with van der Waals surface area (Å²) >= 11 is 3.41. The predicted octanol–water partition coefficient (Wildman–Crippen LogP) is 5.03. The zero-order valence-corrected chi connectivity index (χ0v) is 15.1. The van der Waals surface area contributed by atoms with Crippen LogP contribution in [0, 0.1) is 5.92 Å². The average molecular weight is 387 g/mol. The van der Waals surface area contributed by atoms with Crippen molar-refractivity contribution in [2.45, 2.75) is 19.4 Å². The quantitative estimate of drug-likeness (QED) is 0.626. The van der Waals surface area contributed by atoms with Gasteiger partial charge in [-0.3, -0.25) is 4.79 Å². The first-order valence-corrected chi connectivity index (χ1v) is 8.72. The van der Waals surface area contributed by atoms with E-state index < -0.39 is 0 Å². The minimum absolute atomic E-state index is 0.221. The monoisotopic (exact) mass is 386 g/mol. The minimum atomic E-state index is 0.221. The smallest absolute Gasteiger partial charge is 0.158 e. The second-order valence-electron chi connectivity index (χ2n) is 5.82. The van der Waals surface area contributed by atoms with Gasteiger partial charge >= 0.3 is 0 Å². The van der Waals surface area contributed by atoms with E-state index in [0.717, 1.165) is 39.9 Å². The molecule has 0 aliphatic heterocycles. The molecular weight excluding hydrogens is 368 g/mol. The Morgan fingerprint density at radius 3 is 2.62 bits per heavy atom. The van der Waals surface area contributed by atoms with Gasteiger partial charge in [0.15, 0.2) is 5.78 Å². The number of halogens is 1. The Morgan fingerprint density at radius 2 is 1.96 bits per heavy atom. The van der Waals surface area contributed by atoms with Crippen LogP contribution in [0.2, 0.25) is 0 Å². The lowest BCUT2D eigenvalue weighted by molar-refractivity contribution is -0.115.